The van der Waals surface area contributed by atoms with Crippen LogP contribution in [0.15, 0.2) is 168 Å². The summed E-state index contributed by atoms with van der Waals surface area (Å²) in [7, 11) is 0. The molecule has 0 saturated heterocycles. The summed E-state index contributed by atoms with van der Waals surface area (Å²) in [4.78, 5) is 0. The molecule has 6 aromatic rings. The Hall–Kier alpha value is -6.14. The van der Waals surface area contributed by atoms with E-state index in [-0.39, 0.29) is 0 Å². The highest BCUT2D eigenvalue weighted by Crippen LogP contribution is 2.27. The summed E-state index contributed by atoms with van der Waals surface area (Å²) in [5, 5.41) is 20.4. The summed E-state index contributed by atoms with van der Waals surface area (Å²) in [6, 6.07) is 48.7. The molecule has 0 amide bonds. The number of fused-ring (bicyclic) bond motifs is 1. The van der Waals surface area contributed by atoms with Crippen LogP contribution in [0.3, 0.4) is 0 Å². The smallest absolute Gasteiger partial charge is 0.176 e. The van der Waals surface area contributed by atoms with Crippen LogP contribution in [-0.2, 0) is 0 Å². The second kappa shape index (κ2) is 14.6. The summed E-state index contributed by atoms with van der Waals surface area (Å²) in [6.07, 6.45) is 4.15. The molecule has 0 saturated carbocycles. The number of hydrogen-bond acceptors (Lipinski definition) is 6. The van der Waals surface area contributed by atoms with Gasteiger partial charge in [0.25, 0.3) is 0 Å². The molecule has 0 unspecified atom stereocenters. The lowest BCUT2D eigenvalue weighted by Gasteiger charge is -2.11. The fraction of sp³-hybridized carbons (Fsp3) is 0.0500. The van der Waals surface area contributed by atoms with Crippen LogP contribution in [0.25, 0.3) is 21.9 Å². The Labute approximate surface area is 269 Å². The molecular weight excluding hydrogens is 564 g/mol. The van der Waals surface area contributed by atoms with E-state index in [1.807, 2.05) is 121 Å². The lowest BCUT2D eigenvalue weighted by atomic mass is 10.0. The Morgan fingerprint density at radius 2 is 0.739 bits per heavy atom. The molecule has 5 aromatic carbocycles. The Morgan fingerprint density at radius 3 is 1.09 bits per heavy atom. The summed E-state index contributed by atoms with van der Waals surface area (Å²) in [6.45, 7) is 4.18. The molecule has 46 heavy (non-hydrogen) atoms. The van der Waals surface area contributed by atoms with Crippen LogP contribution in [0.5, 0.6) is 0 Å². The summed E-state index contributed by atoms with van der Waals surface area (Å²) < 4.78 is 0. The van der Waals surface area contributed by atoms with Gasteiger partial charge >= 0.3 is 0 Å². The fourth-order valence-electron chi connectivity index (χ4n) is 5.05. The number of allylic oxidation sites excluding steroid dienone is 4. The predicted octanol–water partition coefficient (Wildman–Crippen LogP) is 9.47. The van der Waals surface area contributed by atoms with Crippen molar-refractivity contribution in [3.63, 3.8) is 0 Å². The average Bonchev–Trinajstić information content (AvgIpc) is 3.13. The van der Waals surface area contributed by atoms with Crippen LogP contribution >= 0.6 is 0 Å². The zero-order valence-corrected chi connectivity index (χ0v) is 25.8. The standard InChI is InChI=1S/C40H34N6/c1-29(31-17-7-3-8-18-31)27-37(33-21-11-5-12-22-33)41-43-39-35-25-15-16-26-36(35)40(46-45-39)44-42-38(34-23-13-6-14-24-34)28-30(2)32-19-9-4-10-20-32/h3-28H,1-2H3,(H,43,45)(H,44,46)/b29-27-,30-28+,41-37+,42-38-. The molecular formula is C40H34N6. The van der Waals surface area contributed by atoms with E-state index in [0.29, 0.717) is 11.6 Å². The van der Waals surface area contributed by atoms with Crippen LogP contribution < -0.4 is 10.9 Å². The van der Waals surface area contributed by atoms with Crippen LogP contribution in [0.2, 0.25) is 0 Å². The van der Waals surface area contributed by atoms with Gasteiger partial charge in [0.2, 0.25) is 0 Å². The molecule has 0 spiro atoms. The van der Waals surface area contributed by atoms with E-state index < -0.39 is 0 Å². The van der Waals surface area contributed by atoms with Crippen LogP contribution in [-0.4, -0.2) is 21.6 Å². The second-order valence-corrected chi connectivity index (χ2v) is 10.8. The highest BCUT2D eigenvalue weighted by molar-refractivity contribution is 6.13. The minimum absolute atomic E-state index is 0.549. The van der Waals surface area contributed by atoms with Crippen molar-refractivity contribution in [1.29, 1.82) is 0 Å². The molecule has 6 heteroatoms. The molecule has 0 aliphatic carbocycles. The second-order valence-electron chi connectivity index (χ2n) is 10.8. The van der Waals surface area contributed by atoms with Crippen molar-refractivity contribution in [3.05, 3.63) is 180 Å². The molecule has 0 aliphatic rings. The molecule has 224 valence electrons. The van der Waals surface area contributed by atoms with Crippen molar-refractivity contribution in [1.82, 2.24) is 10.2 Å². The van der Waals surface area contributed by atoms with Crippen molar-refractivity contribution < 1.29 is 0 Å². The van der Waals surface area contributed by atoms with E-state index in [2.05, 4.69) is 71.3 Å². The topological polar surface area (TPSA) is 74.6 Å². The summed E-state index contributed by atoms with van der Waals surface area (Å²) >= 11 is 0. The Kier molecular flexibility index (Phi) is 9.46. The highest BCUT2D eigenvalue weighted by atomic mass is 15.4. The third-order valence-electron chi connectivity index (χ3n) is 7.56. The third kappa shape index (κ3) is 7.31. The van der Waals surface area contributed by atoms with E-state index in [1.165, 1.54) is 0 Å². The van der Waals surface area contributed by atoms with Crippen molar-refractivity contribution in [2.45, 2.75) is 13.8 Å². The van der Waals surface area contributed by atoms with Gasteiger partial charge in [0.05, 0.1) is 11.4 Å². The van der Waals surface area contributed by atoms with Crippen molar-refractivity contribution in [2.24, 2.45) is 10.2 Å². The molecule has 0 aliphatic heterocycles. The molecule has 0 radical (unpaired) electrons. The molecule has 1 aromatic heterocycles. The number of nitrogens with one attached hydrogen (secondary N) is 2. The van der Waals surface area contributed by atoms with E-state index >= 15 is 0 Å². The van der Waals surface area contributed by atoms with Gasteiger partial charge in [-0.15, -0.1) is 10.2 Å². The number of hydrazone groups is 2. The van der Waals surface area contributed by atoms with E-state index in [4.69, 9.17) is 10.2 Å². The maximum absolute atomic E-state index is 4.82. The normalized spacial score (nSPS) is 12.7. The summed E-state index contributed by atoms with van der Waals surface area (Å²) in [5.41, 5.74) is 14.4. The maximum Gasteiger partial charge on any atom is 0.176 e. The van der Waals surface area contributed by atoms with Gasteiger partial charge in [-0.2, -0.15) is 10.2 Å². The van der Waals surface area contributed by atoms with Gasteiger partial charge in [0.1, 0.15) is 0 Å². The first kappa shape index (κ1) is 29.9. The van der Waals surface area contributed by atoms with E-state index in [9.17, 15) is 0 Å². The SMILES string of the molecule is C/C(=C/C(=N\Nc1nnc(N/N=C(/C=C(\C)c2ccccc2)c2ccccc2)c2ccccc12)c1ccccc1)c1ccccc1. The lowest BCUT2D eigenvalue weighted by Crippen LogP contribution is -2.07. The van der Waals surface area contributed by atoms with E-state index in [0.717, 1.165) is 55.6 Å². The first-order chi connectivity index (χ1) is 22.7. The van der Waals surface area contributed by atoms with Gasteiger partial charge in [-0.25, -0.2) is 0 Å². The Morgan fingerprint density at radius 1 is 0.435 bits per heavy atom. The molecule has 0 atom stereocenters. The van der Waals surface area contributed by atoms with Crippen molar-refractivity contribution in [3.8, 4) is 0 Å². The van der Waals surface area contributed by atoms with Gasteiger partial charge in [0.15, 0.2) is 11.6 Å². The molecule has 2 N–H and O–H groups in total. The monoisotopic (exact) mass is 598 g/mol. The zero-order chi connectivity index (χ0) is 31.6. The maximum atomic E-state index is 4.82. The van der Waals surface area contributed by atoms with Gasteiger partial charge in [-0.3, -0.25) is 10.9 Å². The van der Waals surface area contributed by atoms with Crippen molar-refractivity contribution in [2.75, 3.05) is 10.9 Å². The van der Waals surface area contributed by atoms with Crippen LogP contribution in [0.4, 0.5) is 11.6 Å². The minimum Gasteiger partial charge on any atom is -0.259 e. The van der Waals surface area contributed by atoms with Gasteiger partial charge < -0.3 is 0 Å². The van der Waals surface area contributed by atoms with Crippen molar-refractivity contribution >= 4 is 45.0 Å². The number of aromatic nitrogens is 2. The first-order valence-electron chi connectivity index (χ1n) is 15.2. The van der Waals surface area contributed by atoms with Gasteiger partial charge in [-0.05, 0) is 48.3 Å². The molecule has 0 bridgehead atoms. The number of nitrogens with zero attached hydrogens (tertiary/aromatic N) is 4. The van der Waals surface area contributed by atoms with E-state index in [1.54, 1.807) is 0 Å². The summed E-state index contributed by atoms with van der Waals surface area (Å²) in [5.74, 6) is 1.10. The number of benzene rings is 5. The predicted molar refractivity (Wildman–Crippen MR) is 193 cm³/mol. The fourth-order valence-corrected chi connectivity index (χ4v) is 5.05. The molecule has 6 nitrogen and oxygen atoms in total. The molecule has 6 rings (SSSR count). The number of hydrogen-bond donors (Lipinski definition) is 2. The van der Waals surface area contributed by atoms with Crippen LogP contribution in [0, 0.1) is 0 Å². The largest absolute Gasteiger partial charge is 0.259 e. The molecule has 0 fully saturated rings. The van der Waals surface area contributed by atoms with Crippen LogP contribution in [0.1, 0.15) is 36.1 Å². The highest BCUT2D eigenvalue weighted by Gasteiger charge is 2.11. The zero-order valence-electron chi connectivity index (χ0n) is 25.8. The molecule has 1 heterocycles. The Bertz CT molecular complexity index is 1880. The Balaban J connectivity index is 1.34. The average molecular weight is 599 g/mol. The van der Waals surface area contributed by atoms with Gasteiger partial charge in [-0.1, -0.05) is 146 Å². The minimum atomic E-state index is 0.549. The van der Waals surface area contributed by atoms with Gasteiger partial charge in [0, 0.05) is 21.9 Å². The third-order valence-corrected chi connectivity index (χ3v) is 7.56. The number of rotatable bonds is 10. The number of anilines is 2. The first-order valence-corrected chi connectivity index (χ1v) is 15.2. The lowest BCUT2D eigenvalue weighted by molar-refractivity contribution is 1.03. The quantitative estimate of drug-likeness (QED) is 0.122.